The van der Waals surface area contributed by atoms with E-state index >= 15 is 0 Å². The molecule has 0 atom stereocenters. The van der Waals surface area contributed by atoms with E-state index < -0.39 is 0 Å². The van der Waals surface area contributed by atoms with Crippen LogP contribution < -0.4 is 9.47 Å². The van der Waals surface area contributed by atoms with Crippen LogP contribution in [0.4, 0.5) is 0 Å². The first-order valence-electron chi connectivity index (χ1n) is 8.84. The van der Waals surface area contributed by atoms with E-state index in [2.05, 4.69) is 30.8 Å². The summed E-state index contributed by atoms with van der Waals surface area (Å²) in [6.45, 7) is 5.00. The molecule has 0 aromatic heterocycles. The molecule has 3 aromatic carbocycles. The van der Waals surface area contributed by atoms with Gasteiger partial charge in [0.05, 0.1) is 5.41 Å². The molecule has 0 aliphatic heterocycles. The minimum Gasteiger partial charge on any atom is -0.493 e. The molecule has 26 heavy (non-hydrogen) atoms. The normalized spacial score (nSPS) is 10.9. The summed E-state index contributed by atoms with van der Waals surface area (Å²) in [4.78, 5) is 0. The average molecular weight is 344 g/mol. The summed E-state index contributed by atoms with van der Waals surface area (Å²) < 4.78 is 12.3. The fourth-order valence-corrected chi connectivity index (χ4v) is 2.99. The van der Waals surface area contributed by atoms with Crippen molar-refractivity contribution in [3.8, 4) is 11.5 Å². The maximum atomic E-state index is 6.14. The van der Waals surface area contributed by atoms with E-state index in [9.17, 15) is 0 Å². The van der Waals surface area contributed by atoms with E-state index in [4.69, 9.17) is 9.47 Å². The molecule has 0 unspecified atom stereocenters. The molecule has 2 nitrogen and oxygen atoms in total. The van der Waals surface area contributed by atoms with Crippen LogP contribution in [0, 0.1) is 0 Å². The minimum atomic E-state index is -0.311. The molecule has 0 aliphatic carbocycles. The van der Waals surface area contributed by atoms with Gasteiger partial charge in [0.2, 0.25) is 0 Å². The summed E-state index contributed by atoms with van der Waals surface area (Å²) >= 11 is 0. The van der Waals surface area contributed by atoms with E-state index in [0.29, 0.717) is 13.2 Å². The van der Waals surface area contributed by atoms with Crippen LogP contribution in [-0.4, -0.2) is 13.2 Å². The van der Waals surface area contributed by atoms with Gasteiger partial charge in [-0.25, -0.2) is 0 Å². The molecule has 132 valence electrons. The Morgan fingerprint density at radius 3 is 1.50 bits per heavy atom. The van der Waals surface area contributed by atoms with Crippen molar-refractivity contribution >= 4 is 0 Å². The predicted molar refractivity (Wildman–Crippen MR) is 107 cm³/mol. The van der Waals surface area contributed by atoms with Gasteiger partial charge in [0.15, 0.2) is 0 Å². The molecule has 0 heterocycles. The zero-order valence-electron chi connectivity index (χ0n) is 14.9. The van der Waals surface area contributed by atoms with Crippen molar-refractivity contribution in [2.45, 2.75) is 11.8 Å². The van der Waals surface area contributed by atoms with Gasteiger partial charge in [0, 0.05) is 0 Å². The molecule has 0 radical (unpaired) electrons. The van der Waals surface area contributed by atoms with E-state index in [1.54, 1.807) is 0 Å². The van der Waals surface area contributed by atoms with Crippen LogP contribution in [0.1, 0.15) is 12.0 Å². The first-order valence-corrected chi connectivity index (χ1v) is 8.84. The van der Waals surface area contributed by atoms with Crippen molar-refractivity contribution < 1.29 is 9.47 Å². The van der Waals surface area contributed by atoms with E-state index in [1.807, 2.05) is 72.8 Å². The van der Waals surface area contributed by atoms with Crippen LogP contribution in [0.3, 0.4) is 0 Å². The number of para-hydroxylation sites is 2. The van der Waals surface area contributed by atoms with Crippen LogP contribution in [0.15, 0.2) is 104 Å². The fraction of sp³-hybridized carbons (Fsp3) is 0.167. The van der Waals surface area contributed by atoms with Gasteiger partial charge in [0.25, 0.3) is 0 Å². The van der Waals surface area contributed by atoms with Gasteiger partial charge in [0.1, 0.15) is 24.7 Å². The highest BCUT2D eigenvalue weighted by Crippen LogP contribution is 2.31. The predicted octanol–water partition coefficient (Wildman–Crippen LogP) is 5.66. The van der Waals surface area contributed by atoms with E-state index in [-0.39, 0.29) is 5.41 Å². The third-order valence-corrected chi connectivity index (χ3v) is 4.44. The molecular formula is C24H24O2. The van der Waals surface area contributed by atoms with Gasteiger partial charge in [-0.05, 0) is 36.2 Å². The van der Waals surface area contributed by atoms with Crippen LogP contribution in [0.25, 0.3) is 0 Å². The van der Waals surface area contributed by atoms with Crippen molar-refractivity contribution in [1.82, 2.24) is 0 Å². The van der Waals surface area contributed by atoms with Gasteiger partial charge in [-0.2, -0.15) is 0 Å². The smallest absolute Gasteiger partial charge is 0.119 e. The molecule has 3 rings (SSSR count). The van der Waals surface area contributed by atoms with Crippen molar-refractivity contribution in [3.63, 3.8) is 0 Å². The SMILES string of the molecule is C=CCC(COc1ccccc1)(COc1ccccc1)c1ccccc1. The molecular weight excluding hydrogens is 320 g/mol. The Kier molecular flexibility index (Phi) is 6.10. The zero-order valence-corrected chi connectivity index (χ0v) is 14.9. The maximum absolute atomic E-state index is 6.14. The fourth-order valence-electron chi connectivity index (χ4n) is 2.99. The van der Waals surface area contributed by atoms with Crippen LogP contribution in [-0.2, 0) is 5.41 Å². The third-order valence-electron chi connectivity index (χ3n) is 4.44. The topological polar surface area (TPSA) is 18.5 Å². The molecule has 0 spiro atoms. The standard InChI is InChI=1S/C24H24O2/c1-2-18-24(21-12-6-3-7-13-21,19-25-22-14-8-4-9-15-22)20-26-23-16-10-5-11-17-23/h2-17H,1,18-20H2. The van der Waals surface area contributed by atoms with Gasteiger partial charge in [-0.15, -0.1) is 6.58 Å². The second-order valence-corrected chi connectivity index (χ2v) is 6.34. The van der Waals surface area contributed by atoms with E-state index in [1.165, 1.54) is 5.56 Å². The quantitative estimate of drug-likeness (QED) is 0.466. The Labute approximate surface area is 155 Å². The monoisotopic (exact) mass is 344 g/mol. The summed E-state index contributed by atoms with van der Waals surface area (Å²) in [5, 5.41) is 0. The molecule has 3 aromatic rings. The number of hydrogen-bond donors (Lipinski definition) is 0. The summed E-state index contributed by atoms with van der Waals surface area (Å²) in [5.74, 6) is 1.72. The van der Waals surface area contributed by atoms with Crippen LogP contribution in [0.5, 0.6) is 11.5 Å². The van der Waals surface area contributed by atoms with E-state index in [0.717, 1.165) is 17.9 Å². The Morgan fingerprint density at radius 1 is 0.654 bits per heavy atom. The van der Waals surface area contributed by atoms with Crippen molar-refractivity contribution in [3.05, 3.63) is 109 Å². The molecule has 0 saturated carbocycles. The highest BCUT2D eigenvalue weighted by atomic mass is 16.5. The van der Waals surface area contributed by atoms with Gasteiger partial charge >= 0.3 is 0 Å². The number of allylic oxidation sites excluding steroid dienone is 1. The van der Waals surface area contributed by atoms with Crippen molar-refractivity contribution in [2.24, 2.45) is 0 Å². The molecule has 0 amide bonds. The lowest BCUT2D eigenvalue weighted by molar-refractivity contribution is 0.143. The maximum Gasteiger partial charge on any atom is 0.119 e. The number of hydrogen-bond acceptors (Lipinski definition) is 2. The number of benzene rings is 3. The van der Waals surface area contributed by atoms with Gasteiger partial charge in [-0.3, -0.25) is 0 Å². The first-order chi connectivity index (χ1) is 12.8. The molecule has 0 saturated heterocycles. The highest BCUT2D eigenvalue weighted by molar-refractivity contribution is 5.30. The minimum absolute atomic E-state index is 0.311. The lowest BCUT2D eigenvalue weighted by Gasteiger charge is -2.33. The molecule has 2 heteroatoms. The van der Waals surface area contributed by atoms with Crippen LogP contribution in [0.2, 0.25) is 0 Å². The third kappa shape index (κ3) is 4.54. The Hall–Kier alpha value is -3.00. The Balaban J connectivity index is 1.85. The first kappa shape index (κ1) is 17.8. The summed E-state index contributed by atoms with van der Waals surface area (Å²) in [6, 6.07) is 30.2. The van der Waals surface area contributed by atoms with Crippen molar-refractivity contribution in [1.29, 1.82) is 0 Å². The molecule has 0 N–H and O–H groups in total. The zero-order chi connectivity index (χ0) is 18.1. The van der Waals surface area contributed by atoms with Crippen molar-refractivity contribution in [2.75, 3.05) is 13.2 Å². The second kappa shape index (κ2) is 8.91. The highest BCUT2D eigenvalue weighted by Gasteiger charge is 2.33. The summed E-state index contributed by atoms with van der Waals surface area (Å²) in [5.41, 5.74) is 0.876. The van der Waals surface area contributed by atoms with Gasteiger partial charge < -0.3 is 9.47 Å². The molecule has 0 bridgehead atoms. The number of ether oxygens (including phenoxy) is 2. The Bertz CT molecular complexity index is 739. The summed E-state index contributed by atoms with van der Waals surface area (Å²) in [7, 11) is 0. The Morgan fingerprint density at radius 2 is 1.08 bits per heavy atom. The lowest BCUT2D eigenvalue weighted by Crippen LogP contribution is -2.39. The second-order valence-electron chi connectivity index (χ2n) is 6.34. The molecule has 0 aliphatic rings. The summed E-state index contributed by atoms with van der Waals surface area (Å²) in [6.07, 6.45) is 2.70. The number of rotatable bonds is 9. The van der Waals surface area contributed by atoms with Crippen LogP contribution >= 0.6 is 0 Å². The lowest BCUT2D eigenvalue weighted by atomic mass is 9.79. The van der Waals surface area contributed by atoms with Gasteiger partial charge in [-0.1, -0.05) is 72.8 Å². The average Bonchev–Trinajstić information content (AvgIpc) is 2.72. The molecule has 0 fully saturated rings. The largest absolute Gasteiger partial charge is 0.493 e.